The van der Waals surface area contributed by atoms with Gasteiger partial charge in [0.15, 0.2) is 0 Å². The van der Waals surface area contributed by atoms with E-state index in [1.54, 1.807) is 6.20 Å². The van der Waals surface area contributed by atoms with E-state index in [1.807, 2.05) is 12.1 Å². The summed E-state index contributed by atoms with van der Waals surface area (Å²) in [7, 11) is 0. The third kappa shape index (κ3) is 2.91. The van der Waals surface area contributed by atoms with Crippen molar-refractivity contribution in [2.45, 2.75) is 19.8 Å². The highest BCUT2D eigenvalue weighted by Gasteiger charge is 1.91. The minimum absolute atomic E-state index is 0.566. The second kappa shape index (κ2) is 4.75. The lowest BCUT2D eigenvalue weighted by Crippen LogP contribution is -2.00. The summed E-state index contributed by atoms with van der Waals surface area (Å²) in [6.07, 6.45) is 4.10. The van der Waals surface area contributed by atoms with Gasteiger partial charge < -0.3 is 5.32 Å². The van der Waals surface area contributed by atoms with Gasteiger partial charge in [-0.05, 0) is 18.6 Å². The van der Waals surface area contributed by atoms with Gasteiger partial charge in [0.1, 0.15) is 0 Å². The molecule has 1 aromatic heterocycles. The molecule has 2 heteroatoms. The van der Waals surface area contributed by atoms with Gasteiger partial charge in [-0.15, -0.1) is 0 Å². The Kier molecular flexibility index (Phi) is 3.58. The number of nitrogens with one attached hydrogen (secondary N) is 1. The molecule has 0 bridgehead atoms. The lowest BCUT2D eigenvalue weighted by atomic mass is 10.3. The van der Waals surface area contributed by atoms with Crippen molar-refractivity contribution in [1.82, 2.24) is 4.98 Å². The lowest BCUT2D eigenvalue weighted by molar-refractivity contribution is 0.834. The molecule has 0 unspecified atom stereocenters. The van der Waals surface area contributed by atoms with Gasteiger partial charge in [-0.1, -0.05) is 13.3 Å². The van der Waals surface area contributed by atoms with Crippen molar-refractivity contribution in [1.29, 1.82) is 0 Å². The molecule has 64 valence electrons. The number of anilines is 1. The van der Waals surface area contributed by atoms with E-state index in [1.165, 1.54) is 12.8 Å². The molecular weight excluding hydrogens is 148 g/mol. The quantitative estimate of drug-likeness (QED) is 0.687. The van der Waals surface area contributed by atoms with Crippen LogP contribution in [0.5, 0.6) is 0 Å². The molecule has 1 heterocycles. The third-order valence-electron chi connectivity index (χ3n) is 1.64. The Morgan fingerprint density at radius 1 is 1.58 bits per heavy atom. The summed E-state index contributed by atoms with van der Waals surface area (Å²) in [5, 5.41) is 3.27. The summed E-state index contributed by atoms with van der Waals surface area (Å²) in [4.78, 5) is 3.91. The summed E-state index contributed by atoms with van der Waals surface area (Å²) >= 11 is 0. The molecule has 1 rings (SSSR count). The van der Waals surface area contributed by atoms with Crippen LogP contribution < -0.4 is 5.32 Å². The predicted molar refractivity (Wildman–Crippen MR) is 51.0 cm³/mol. The number of nitrogens with zero attached hydrogens (tertiary/aromatic N) is 1. The largest absolute Gasteiger partial charge is 0.385 e. The molecule has 12 heavy (non-hydrogen) atoms. The van der Waals surface area contributed by atoms with Crippen molar-refractivity contribution in [2.24, 2.45) is 0 Å². The van der Waals surface area contributed by atoms with Gasteiger partial charge in [-0.3, -0.25) is 4.98 Å². The minimum Gasteiger partial charge on any atom is -0.385 e. The van der Waals surface area contributed by atoms with Crippen LogP contribution in [0.4, 0.5) is 5.69 Å². The molecule has 0 aliphatic rings. The van der Waals surface area contributed by atoms with E-state index in [4.69, 9.17) is 6.92 Å². The van der Waals surface area contributed by atoms with Gasteiger partial charge >= 0.3 is 0 Å². The Hall–Kier alpha value is -1.05. The van der Waals surface area contributed by atoms with Crippen molar-refractivity contribution in [3.05, 3.63) is 30.9 Å². The first-order chi connectivity index (χ1) is 5.83. The van der Waals surface area contributed by atoms with E-state index in [9.17, 15) is 0 Å². The van der Waals surface area contributed by atoms with Crippen molar-refractivity contribution in [3.63, 3.8) is 0 Å². The third-order valence-corrected chi connectivity index (χ3v) is 1.64. The van der Waals surface area contributed by atoms with Crippen molar-refractivity contribution >= 4 is 5.69 Å². The molecule has 0 amide bonds. The number of hydrogen-bond acceptors (Lipinski definition) is 2. The normalized spacial score (nSPS) is 9.83. The molecule has 1 aromatic rings. The topological polar surface area (TPSA) is 24.9 Å². The van der Waals surface area contributed by atoms with Crippen LogP contribution >= 0.6 is 0 Å². The second-order valence-corrected chi connectivity index (χ2v) is 2.75. The van der Waals surface area contributed by atoms with Crippen molar-refractivity contribution in [2.75, 3.05) is 11.9 Å². The fourth-order valence-electron chi connectivity index (χ4n) is 0.968. The van der Waals surface area contributed by atoms with Crippen LogP contribution in [0.3, 0.4) is 0 Å². The number of pyridine rings is 1. The number of hydrogen-bond donors (Lipinski definition) is 1. The molecule has 0 saturated carbocycles. The molecular formula is C10H14N2. The first-order valence-electron chi connectivity index (χ1n) is 4.28. The first-order valence-corrected chi connectivity index (χ1v) is 4.28. The zero-order valence-electron chi connectivity index (χ0n) is 7.38. The van der Waals surface area contributed by atoms with Crippen LogP contribution in [0.2, 0.25) is 0 Å². The monoisotopic (exact) mass is 162 g/mol. The zero-order valence-corrected chi connectivity index (χ0v) is 7.38. The van der Waals surface area contributed by atoms with Crippen LogP contribution in [0.25, 0.3) is 0 Å². The lowest BCUT2D eigenvalue weighted by Gasteiger charge is -2.04. The van der Waals surface area contributed by atoms with Crippen LogP contribution in [0.1, 0.15) is 25.5 Å². The van der Waals surface area contributed by atoms with Gasteiger partial charge in [0.2, 0.25) is 0 Å². The summed E-state index contributed by atoms with van der Waals surface area (Å²) in [5.41, 5.74) is 1.62. The zero-order chi connectivity index (χ0) is 8.81. The van der Waals surface area contributed by atoms with Crippen LogP contribution in [0, 0.1) is 6.92 Å². The molecule has 2 radical (unpaired) electrons. The maximum atomic E-state index is 5.51. The predicted octanol–water partition coefficient (Wildman–Crippen LogP) is 2.35. The van der Waals surface area contributed by atoms with E-state index in [0.717, 1.165) is 12.2 Å². The molecule has 0 fully saturated rings. The standard InChI is InChI=1S/C10H14N2/c1-3-4-6-12-10-5-7-11-9(2)8-10/h2,5,7-8H,3-4,6H2,1H3,(H,11,12). The maximum Gasteiger partial charge on any atom is 0.0468 e. The van der Waals surface area contributed by atoms with Crippen LogP contribution in [-0.2, 0) is 0 Å². The molecule has 0 aromatic carbocycles. The van der Waals surface area contributed by atoms with E-state index < -0.39 is 0 Å². The van der Waals surface area contributed by atoms with Crippen LogP contribution in [-0.4, -0.2) is 11.5 Å². The van der Waals surface area contributed by atoms with Gasteiger partial charge in [-0.2, -0.15) is 0 Å². The van der Waals surface area contributed by atoms with Gasteiger partial charge in [-0.25, -0.2) is 0 Å². The Bertz CT molecular complexity index is 233. The number of rotatable bonds is 4. The Balaban J connectivity index is 2.41. The molecule has 0 aliphatic heterocycles. The summed E-state index contributed by atoms with van der Waals surface area (Å²) in [6.45, 7) is 8.68. The van der Waals surface area contributed by atoms with Gasteiger partial charge in [0.05, 0.1) is 0 Å². The highest BCUT2D eigenvalue weighted by molar-refractivity contribution is 5.43. The first kappa shape index (κ1) is 9.04. The van der Waals surface area contributed by atoms with E-state index in [2.05, 4.69) is 17.2 Å². The average Bonchev–Trinajstić information content (AvgIpc) is 2.05. The fraction of sp³-hybridized carbons (Fsp3) is 0.400. The summed E-state index contributed by atoms with van der Waals surface area (Å²) in [6, 6.07) is 3.77. The summed E-state index contributed by atoms with van der Waals surface area (Å²) < 4.78 is 0. The number of unbranched alkanes of at least 4 members (excludes halogenated alkanes) is 1. The Morgan fingerprint density at radius 3 is 3.08 bits per heavy atom. The Labute approximate surface area is 74.0 Å². The van der Waals surface area contributed by atoms with Gasteiger partial charge in [0.25, 0.3) is 0 Å². The number of aromatic nitrogens is 1. The highest BCUT2D eigenvalue weighted by Crippen LogP contribution is 2.06. The average molecular weight is 162 g/mol. The molecule has 2 nitrogen and oxygen atoms in total. The SMILES string of the molecule is [CH]c1cc(NCCCC)ccn1. The molecule has 1 N–H and O–H groups in total. The van der Waals surface area contributed by atoms with Crippen molar-refractivity contribution < 1.29 is 0 Å². The molecule has 0 spiro atoms. The molecule has 0 saturated heterocycles. The van der Waals surface area contributed by atoms with E-state index in [-0.39, 0.29) is 0 Å². The molecule has 0 atom stereocenters. The molecule has 0 aliphatic carbocycles. The van der Waals surface area contributed by atoms with E-state index in [0.29, 0.717) is 5.69 Å². The highest BCUT2D eigenvalue weighted by atomic mass is 14.9. The summed E-state index contributed by atoms with van der Waals surface area (Å²) in [5.74, 6) is 0. The van der Waals surface area contributed by atoms with Gasteiger partial charge in [0, 0.05) is 31.0 Å². The maximum absolute atomic E-state index is 5.51. The second-order valence-electron chi connectivity index (χ2n) is 2.75. The fourth-order valence-corrected chi connectivity index (χ4v) is 0.968. The van der Waals surface area contributed by atoms with E-state index >= 15 is 0 Å². The van der Waals surface area contributed by atoms with Crippen LogP contribution in [0.15, 0.2) is 18.3 Å². The minimum atomic E-state index is 0.566. The van der Waals surface area contributed by atoms with Crippen molar-refractivity contribution in [3.8, 4) is 0 Å². The smallest absolute Gasteiger partial charge is 0.0468 e. The Morgan fingerprint density at radius 2 is 2.42 bits per heavy atom.